The molecule has 2 aromatic rings. The Morgan fingerprint density at radius 3 is 2.29 bits per heavy atom. The van der Waals surface area contributed by atoms with Gasteiger partial charge >= 0.3 is 0 Å². The molecule has 0 aliphatic carbocycles. The fourth-order valence-electron chi connectivity index (χ4n) is 3.01. The maximum atomic E-state index is 11.5. The van der Waals surface area contributed by atoms with Crippen LogP contribution in [0.3, 0.4) is 0 Å². The predicted molar refractivity (Wildman–Crippen MR) is 135 cm³/mol. The highest BCUT2D eigenvalue weighted by molar-refractivity contribution is 8.04. The van der Waals surface area contributed by atoms with Crippen LogP contribution >= 0.6 is 35.3 Å². The van der Waals surface area contributed by atoms with Crippen LogP contribution in [0, 0.1) is 20.8 Å². The summed E-state index contributed by atoms with van der Waals surface area (Å²) in [4.78, 5) is 0.976. The minimum atomic E-state index is -4.44. The van der Waals surface area contributed by atoms with E-state index in [1.54, 1.807) is 37.4 Å². The van der Waals surface area contributed by atoms with Crippen LogP contribution in [0.4, 0.5) is 0 Å². The summed E-state index contributed by atoms with van der Waals surface area (Å²) >= 11 is 5.40. The maximum absolute atomic E-state index is 11.5. The van der Waals surface area contributed by atoms with E-state index < -0.39 is 10.1 Å². The van der Waals surface area contributed by atoms with Crippen LogP contribution in [0.2, 0.25) is 0 Å². The molecule has 2 rings (SSSR count). The van der Waals surface area contributed by atoms with Gasteiger partial charge in [-0.2, -0.15) is 11.8 Å². The molecule has 0 heterocycles. The van der Waals surface area contributed by atoms with Crippen LogP contribution in [-0.4, -0.2) is 41.9 Å². The van der Waals surface area contributed by atoms with Gasteiger partial charge in [0.05, 0.1) is 17.4 Å². The zero-order chi connectivity index (χ0) is 22.9. The summed E-state index contributed by atoms with van der Waals surface area (Å²) in [6.07, 6.45) is 1.83. The molecule has 0 aromatic heterocycles. The fraction of sp³-hybridized carbons (Fsp3) is 0.391. The van der Waals surface area contributed by atoms with E-state index >= 15 is 0 Å². The summed E-state index contributed by atoms with van der Waals surface area (Å²) in [6, 6.07) is 10.0. The van der Waals surface area contributed by atoms with Crippen LogP contribution in [0.5, 0.6) is 0 Å². The highest BCUT2D eigenvalue weighted by atomic mass is 32.2. The summed E-state index contributed by atoms with van der Waals surface area (Å²) in [7, 11) is -4.44. The fourth-order valence-corrected chi connectivity index (χ4v) is 7.12. The minimum Gasteiger partial charge on any atom is -0.744 e. The van der Waals surface area contributed by atoms with Gasteiger partial charge in [0.2, 0.25) is 0 Å². The minimum absolute atomic E-state index is 0.0725. The largest absolute Gasteiger partial charge is 0.744 e. The molecule has 0 aliphatic heterocycles. The molecule has 170 valence electrons. The molecule has 0 spiro atoms. The van der Waals surface area contributed by atoms with Crippen molar-refractivity contribution in [2.24, 2.45) is 0 Å². The van der Waals surface area contributed by atoms with Crippen molar-refractivity contribution in [1.29, 1.82) is 0 Å². The van der Waals surface area contributed by atoms with Gasteiger partial charge < -0.3 is 9.29 Å². The Hall–Kier alpha value is -0.900. The van der Waals surface area contributed by atoms with Crippen LogP contribution in [0.15, 0.2) is 46.7 Å². The molecule has 0 atom stereocenters. The van der Waals surface area contributed by atoms with E-state index in [9.17, 15) is 13.0 Å². The maximum Gasteiger partial charge on any atom is 0.124 e. The average Bonchev–Trinajstić information content (AvgIpc) is 2.72. The third-order valence-electron chi connectivity index (χ3n) is 4.74. The van der Waals surface area contributed by atoms with Gasteiger partial charge in [-0.25, -0.2) is 8.42 Å². The number of hydrogen-bond acceptors (Lipinski definition) is 7. The smallest absolute Gasteiger partial charge is 0.124 e. The van der Waals surface area contributed by atoms with Crippen molar-refractivity contribution in [1.82, 2.24) is 0 Å². The van der Waals surface area contributed by atoms with Gasteiger partial charge in [0, 0.05) is 27.9 Å². The molecular formula is C23H29O4S4-. The Bertz CT molecular complexity index is 970. The quantitative estimate of drug-likeness (QED) is 0.148. The summed E-state index contributed by atoms with van der Waals surface area (Å²) in [5.41, 5.74) is 4.25. The lowest BCUT2D eigenvalue weighted by molar-refractivity contribution is 0.169. The Kier molecular flexibility index (Phi) is 11.0. The van der Waals surface area contributed by atoms with Crippen molar-refractivity contribution in [3.63, 3.8) is 0 Å². The number of rotatable bonds is 13. The summed E-state index contributed by atoms with van der Waals surface area (Å²) in [5.74, 6) is 4.74. The Morgan fingerprint density at radius 1 is 1.00 bits per heavy atom. The van der Waals surface area contributed by atoms with Crippen molar-refractivity contribution >= 4 is 51.5 Å². The van der Waals surface area contributed by atoms with E-state index in [-0.39, 0.29) is 4.90 Å². The molecule has 0 saturated heterocycles. The average molecular weight is 498 g/mol. The normalized spacial score (nSPS) is 11.6. The molecule has 0 saturated carbocycles. The second-order valence-corrected chi connectivity index (χ2v) is 11.7. The number of ether oxygens (including phenoxy) is 1. The molecule has 31 heavy (non-hydrogen) atoms. The van der Waals surface area contributed by atoms with Gasteiger partial charge in [0.15, 0.2) is 0 Å². The van der Waals surface area contributed by atoms with Gasteiger partial charge in [0.1, 0.15) is 10.1 Å². The summed E-state index contributed by atoms with van der Waals surface area (Å²) in [6.45, 7) is 9.65. The lowest BCUT2D eigenvalue weighted by Gasteiger charge is -2.18. The first-order valence-electron chi connectivity index (χ1n) is 9.88. The van der Waals surface area contributed by atoms with E-state index in [2.05, 4.69) is 18.7 Å². The van der Waals surface area contributed by atoms with Crippen molar-refractivity contribution in [3.05, 3.63) is 64.7 Å². The highest BCUT2D eigenvalue weighted by Gasteiger charge is 2.15. The van der Waals surface area contributed by atoms with Crippen molar-refractivity contribution < 1.29 is 17.7 Å². The lowest BCUT2D eigenvalue weighted by Crippen LogP contribution is -2.06. The van der Waals surface area contributed by atoms with Crippen molar-refractivity contribution in [2.75, 3.05) is 29.0 Å². The molecule has 0 N–H and O–H groups in total. The number of hydrogen-bond donors (Lipinski definition) is 0. The molecule has 0 amide bonds. The first kappa shape index (κ1) is 26.4. The monoisotopic (exact) mass is 497 g/mol. The topological polar surface area (TPSA) is 66.4 Å². The van der Waals surface area contributed by atoms with Gasteiger partial charge in [-0.3, -0.25) is 0 Å². The third-order valence-corrected chi connectivity index (χ3v) is 9.34. The van der Waals surface area contributed by atoms with Gasteiger partial charge in [-0.1, -0.05) is 36.9 Å². The van der Waals surface area contributed by atoms with Crippen LogP contribution in [0.25, 0.3) is 6.08 Å². The van der Waals surface area contributed by atoms with Gasteiger partial charge in [0.25, 0.3) is 0 Å². The predicted octanol–water partition coefficient (Wildman–Crippen LogP) is 5.89. The van der Waals surface area contributed by atoms with E-state index in [0.717, 1.165) is 39.0 Å². The van der Waals surface area contributed by atoms with Crippen molar-refractivity contribution in [2.45, 2.75) is 37.2 Å². The molecule has 0 unspecified atom stereocenters. The van der Waals surface area contributed by atoms with E-state index in [4.69, 9.17) is 4.74 Å². The van der Waals surface area contributed by atoms with E-state index in [0.29, 0.717) is 23.7 Å². The molecule has 0 bridgehead atoms. The highest BCUT2D eigenvalue weighted by Crippen LogP contribution is 2.32. The zero-order valence-electron chi connectivity index (χ0n) is 18.2. The zero-order valence-corrected chi connectivity index (χ0v) is 21.4. The molecule has 0 radical (unpaired) electrons. The summed E-state index contributed by atoms with van der Waals surface area (Å²) in [5, 5.41) is 0. The van der Waals surface area contributed by atoms with Gasteiger partial charge in [-0.15, -0.1) is 23.5 Å². The number of aryl methyl sites for hydroxylation is 1. The lowest BCUT2D eigenvalue weighted by atomic mass is 10.1. The third kappa shape index (κ3) is 8.51. The van der Waals surface area contributed by atoms with Crippen molar-refractivity contribution in [3.8, 4) is 0 Å². The van der Waals surface area contributed by atoms with Gasteiger partial charge in [-0.05, 0) is 54.7 Å². The SMILES string of the molecule is C=Cc1ccc(COCSCCSCCSc2cc(C)c(S(=O)(=O)[O-])c(C)c2C)cc1. The molecule has 2 aromatic carbocycles. The second kappa shape index (κ2) is 13.0. The Balaban J connectivity index is 1.61. The first-order valence-corrected chi connectivity index (χ1v) is 14.6. The molecular weight excluding hydrogens is 469 g/mol. The second-order valence-electron chi connectivity index (χ2n) is 7.01. The van der Waals surface area contributed by atoms with E-state index in [1.165, 1.54) is 5.56 Å². The number of thioether (sulfide) groups is 3. The molecule has 0 fully saturated rings. The molecule has 0 aliphatic rings. The standard InChI is InChI=1S/C23H30O4S4/c1-5-20-6-8-21(9-7-20)15-27-16-29-11-10-28-12-13-30-22-14-17(2)23(31(24,25)26)19(4)18(22)3/h5-9,14H,1,10-13,15-16H2,2-4H3,(H,24,25,26)/p-1. The molecule has 4 nitrogen and oxygen atoms in total. The van der Waals surface area contributed by atoms with Crippen LogP contribution < -0.4 is 0 Å². The first-order chi connectivity index (χ1) is 14.7. The van der Waals surface area contributed by atoms with Crippen LogP contribution in [-0.2, 0) is 21.5 Å². The summed E-state index contributed by atoms with van der Waals surface area (Å²) < 4.78 is 40.1. The number of benzene rings is 2. The molecule has 8 heteroatoms. The Morgan fingerprint density at radius 2 is 1.65 bits per heavy atom. The van der Waals surface area contributed by atoms with Crippen LogP contribution in [0.1, 0.15) is 27.8 Å². The van der Waals surface area contributed by atoms with E-state index in [1.807, 2.05) is 43.0 Å². The Labute approximate surface area is 199 Å².